The third-order valence-corrected chi connectivity index (χ3v) is 5.56. The van der Waals surface area contributed by atoms with E-state index in [9.17, 15) is 4.79 Å². The van der Waals surface area contributed by atoms with Crippen LogP contribution in [0.3, 0.4) is 0 Å². The first-order valence-electron chi connectivity index (χ1n) is 10.2. The van der Waals surface area contributed by atoms with Crippen molar-refractivity contribution >= 4 is 63.2 Å². The minimum Gasteiger partial charge on any atom is -0.495 e. The van der Waals surface area contributed by atoms with Gasteiger partial charge in [-0.3, -0.25) is 10.1 Å². The number of oxazole rings is 1. The highest BCUT2D eigenvalue weighted by Crippen LogP contribution is 2.32. The maximum atomic E-state index is 12.5. The number of ether oxygens (including phenoxy) is 2. The fourth-order valence-corrected chi connectivity index (χ4v) is 3.88. The van der Waals surface area contributed by atoms with E-state index in [1.165, 1.54) is 6.07 Å². The molecule has 0 unspecified atom stereocenters. The molecular formula is C24H19Cl2N3O4S. The summed E-state index contributed by atoms with van der Waals surface area (Å²) in [6, 6.07) is 15.4. The van der Waals surface area contributed by atoms with Crippen LogP contribution in [0, 0.1) is 0 Å². The molecule has 0 saturated heterocycles. The standard InChI is InChI=1S/C24H19Cl2N3O4S/c1-3-32-20-8-4-13(10-17(20)26)22(30)29-24(34)27-15-6-9-21-18(12-15)28-23(33-21)14-5-7-19(31-2)16(25)11-14/h4-12H,3H2,1-2H3,(H2,27,29,30,34). The molecule has 0 saturated carbocycles. The lowest BCUT2D eigenvalue weighted by atomic mass is 10.2. The van der Waals surface area contributed by atoms with E-state index in [1.54, 1.807) is 49.6 Å². The highest BCUT2D eigenvalue weighted by molar-refractivity contribution is 7.80. The molecule has 0 radical (unpaired) electrons. The second-order valence-electron chi connectivity index (χ2n) is 7.04. The average Bonchev–Trinajstić information content (AvgIpc) is 3.23. The number of nitrogens with one attached hydrogen (secondary N) is 2. The topological polar surface area (TPSA) is 85.6 Å². The molecule has 1 amide bonds. The fourth-order valence-electron chi connectivity index (χ4n) is 3.18. The molecule has 2 N–H and O–H groups in total. The molecule has 3 aromatic carbocycles. The van der Waals surface area contributed by atoms with Gasteiger partial charge in [0.05, 0.1) is 23.8 Å². The third kappa shape index (κ3) is 5.25. The normalized spacial score (nSPS) is 10.7. The van der Waals surface area contributed by atoms with Gasteiger partial charge in [-0.05, 0) is 73.7 Å². The summed E-state index contributed by atoms with van der Waals surface area (Å²) in [4.78, 5) is 17.1. The number of amides is 1. The Balaban J connectivity index is 1.46. The summed E-state index contributed by atoms with van der Waals surface area (Å²) >= 11 is 17.7. The summed E-state index contributed by atoms with van der Waals surface area (Å²) < 4.78 is 16.4. The molecule has 1 heterocycles. The van der Waals surface area contributed by atoms with Gasteiger partial charge in [0.2, 0.25) is 5.89 Å². The van der Waals surface area contributed by atoms with E-state index in [0.717, 1.165) is 0 Å². The zero-order valence-electron chi connectivity index (χ0n) is 18.1. The summed E-state index contributed by atoms with van der Waals surface area (Å²) in [6.45, 7) is 2.33. The molecule has 0 aliphatic rings. The van der Waals surface area contributed by atoms with Gasteiger partial charge in [-0.15, -0.1) is 0 Å². The number of halogens is 2. The molecule has 0 aliphatic carbocycles. The summed E-state index contributed by atoms with van der Waals surface area (Å²) in [7, 11) is 1.55. The van der Waals surface area contributed by atoms with Crippen LogP contribution in [0.4, 0.5) is 5.69 Å². The second-order valence-corrected chi connectivity index (χ2v) is 8.26. The molecule has 174 valence electrons. The van der Waals surface area contributed by atoms with Crippen LogP contribution < -0.4 is 20.1 Å². The Morgan fingerprint density at radius 3 is 2.53 bits per heavy atom. The molecule has 34 heavy (non-hydrogen) atoms. The van der Waals surface area contributed by atoms with Gasteiger partial charge < -0.3 is 19.2 Å². The lowest BCUT2D eigenvalue weighted by molar-refractivity contribution is 0.0977. The Labute approximate surface area is 211 Å². The quantitative estimate of drug-likeness (QED) is 0.290. The number of methoxy groups -OCH3 is 1. The average molecular weight is 516 g/mol. The van der Waals surface area contributed by atoms with E-state index in [1.807, 2.05) is 13.0 Å². The van der Waals surface area contributed by atoms with Crippen molar-refractivity contribution in [3.8, 4) is 23.0 Å². The molecular weight excluding hydrogens is 497 g/mol. The van der Waals surface area contributed by atoms with Crippen LogP contribution in [-0.2, 0) is 0 Å². The third-order valence-electron chi connectivity index (χ3n) is 4.77. The van der Waals surface area contributed by atoms with E-state index < -0.39 is 5.91 Å². The van der Waals surface area contributed by atoms with E-state index in [0.29, 0.717) is 62.0 Å². The second kappa shape index (κ2) is 10.3. The van der Waals surface area contributed by atoms with Crippen molar-refractivity contribution in [3.63, 3.8) is 0 Å². The highest BCUT2D eigenvalue weighted by Gasteiger charge is 2.14. The molecule has 4 rings (SSSR count). The van der Waals surface area contributed by atoms with Gasteiger partial charge in [0.15, 0.2) is 10.7 Å². The van der Waals surface area contributed by atoms with E-state index in [2.05, 4.69) is 15.6 Å². The summed E-state index contributed by atoms with van der Waals surface area (Å²) in [5, 5.41) is 6.54. The zero-order valence-corrected chi connectivity index (χ0v) is 20.5. The molecule has 4 aromatic rings. The number of aromatic nitrogens is 1. The Morgan fingerprint density at radius 2 is 1.82 bits per heavy atom. The van der Waals surface area contributed by atoms with Crippen molar-refractivity contribution in [2.75, 3.05) is 19.0 Å². The first-order valence-corrected chi connectivity index (χ1v) is 11.3. The first-order chi connectivity index (χ1) is 16.4. The van der Waals surface area contributed by atoms with Crippen LogP contribution in [0.25, 0.3) is 22.6 Å². The number of rotatable bonds is 6. The van der Waals surface area contributed by atoms with E-state index in [-0.39, 0.29) is 5.11 Å². The maximum Gasteiger partial charge on any atom is 0.257 e. The van der Waals surface area contributed by atoms with Crippen molar-refractivity contribution in [2.24, 2.45) is 0 Å². The Hall–Kier alpha value is -3.33. The minimum absolute atomic E-state index is 0.125. The van der Waals surface area contributed by atoms with Crippen molar-refractivity contribution in [1.29, 1.82) is 0 Å². The van der Waals surface area contributed by atoms with Gasteiger partial charge >= 0.3 is 0 Å². The number of nitrogens with zero attached hydrogens (tertiary/aromatic N) is 1. The SMILES string of the molecule is CCOc1ccc(C(=O)NC(=S)Nc2ccc3oc(-c4ccc(OC)c(Cl)c4)nc3c2)cc1Cl. The van der Waals surface area contributed by atoms with Crippen molar-refractivity contribution in [3.05, 3.63) is 70.2 Å². The minimum atomic E-state index is -0.399. The van der Waals surface area contributed by atoms with Gasteiger partial charge in [-0.25, -0.2) is 4.98 Å². The van der Waals surface area contributed by atoms with Gasteiger partial charge in [0.1, 0.15) is 17.0 Å². The molecule has 0 aliphatic heterocycles. The van der Waals surface area contributed by atoms with Crippen LogP contribution in [0.1, 0.15) is 17.3 Å². The lowest BCUT2D eigenvalue weighted by Gasteiger charge is -2.11. The number of benzene rings is 3. The summed E-state index contributed by atoms with van der Waals surface area (Å²) in [5.74, 6) is 1.10. The predicted molar refractivity (Wildman–Crippen MR) is 137 cm³/mol. The summed E-state index contributed by atoms with van der Waals surface area (Å²) in [6.07, 6.45) is 0. The number of carbonyl (C=O) groups excluding carboxylic acids is 1. The van der Waals surface area contributed by atoms with Gasteiger partial charge in [-0.1, -0.05) is 23.2 Å². The number of thiocarbonyl (C=S) groups is 1. The predicted octanol–water partition coefficient (Wildman–Crippen LogP) is 6.34. The molecule has 7 nitrogen and oxygen atoms in total. The number of carbonyl (C=O) groups is 1. The van der Waals surface area contributed by atoms with Crippen LogP contribution in [0.15, 0.2) is 59.0 Å². The number of fused-ring (bicyclic) bond motifs is 1. The Kier molecular flexibility index (Phi) is 7.21. The number of hydrogen-bond acceptors (Lipinski definition) is 6. The van der Waals surface area contributed by atoms with Gasteiger partial charge in [0, 0.05) is 16.8 Å². The molecule has 1 aromatic heterocycles. The Morgan fingerprint density at radius 1 is 1.06 bits per heavy atom. The molecule has 0 bridgehead atoms. The van der Waals surface area contributed by atoms with Crippen molar-refractivity contribution in [2.45, 2.75) is 6.92 Å². The maximum absolute atomic E-state index is 12.5. The lowest BCUT2D eigenvalue weighted by Crippen LogP contribution is -2.34. The van der Waals surface area contributed by atoms with E-state index >= 15 is 0 Å². The fraction of sp³-hybridized carbons (Fsp3) is 0.125. The largest absolute Gasteiger partial charge is 0.495 e. The monoisotopic (exact) mass is 515 g/mol. The van der Waals surface area contributed by atoms with Crippen LogP contribution in [0.2, 0.25) is 10.0 Å². The smallest absolute Gasteiger partial charge is 0.257 e. The molecule has 0 atom stereocenters. The first kappa shape index (κ1) is 23.8. The summed E-state index contributed by atoms with van der Waals surface area (Å²) in [5.41, 5.74) is 2.90. The Bertz CT molecular complexity index is 1390. The number of anilines is 1. The van der Waals surface area contributed by atoms with Gasteiger partial charge in [-0.2, -0.15) is 0 Å². The van der Waals surface area contributed by atoms with Crippen LogP contribution >= 0.6 is 35.4 Å². The van der Waals surface area contributed by atoms with Crippen molar-refractivity contribution in [1.82, 2.24) is 10.3 Å². The number of hydrogen-bond donors (Lipinski definition) is 2. The molecule has 0 fully saturated rings. The highest BCUT2D eigenvalue weighted by atomic mass is 35.5. The van der Waals surface area contributed by atoms with Gasteiger partial charge in [0.25, 0.3) is 5.91 Å². The molecule has 0 spiro atoms. The van der Waals surface area contributed by atoms with Crippen LogP contribution in [0.5, 0.6) is 11.5 Å². The van der Waals surface area contributed by atoms with Crippen LogP contribution in [-0.4, -0.2) is 29.7 Å². The molecule has 10 heteroatoms. The van der Waals surface area contributed by atoms with Crippen molar-refractivity contribution < 1.29 is 18.7 Å². The van der Waals surface area contributed by atoms with E-state index in [4.69, 9.17) is 49.3 Å². The zero-order chi connectivity index (χ0) is 24.2.